The number of hydrogen-bond donors (Lipinski definition) is 1. The van der Waals surface area contributed by atoms with E-state index < -0.39 is 6.36 Å². The van der Waals surface area contributed by atoms with Crippen LogP contribution in [0.5, 0.6) is 17.4 Å². The number of ether oxygens (including phenoxy) is 2. The number of benzene rings is 2. The maximum Gasteiger partial charge on any atom is 0.573 e. The number of nitrogens with zero attached hydrogens (tertiary/aromatic N) is 1. The van der Waals surface area contributed by atoms with Gasteiger partial charge in [-0.2, -0.15) is 0 Å². The van der Waals surface area contributed by atoms with E-state index in [9.17, 15) is 18.3 Å². The molecule has 0 saturated heterocycles. The van der Waals surface area contributed by atoms with Crippen LogP contribution in [0.15, 0.2) is 42.6 Å². The predicted molar refractivity (Wildman–Crippen MR) is 87.1 cm³/mol. The first-order chi connectivity index (χ1) is 11.8. The van der Waals surface area contributed by atoms with Crippen LogP contribution in [-0.2, 0) is 6.54 Å². The van der Waals surface area contributed by atoms with Gasteiger partial charge in [0.15, 0.2) is 5.88 Å². The van der Waals surface area contributed by atoms with Crippen LogP contribution < -0.4 is 9.47 Å². The molecule has 132 valence electrons. The van der Waals surface area contributed by atoms with E-state index in [1.807, 2.05) is 19.1 Å². The highest BCUT2D eigenvalue weighted by Gasteiger charge is 2.30. The summed E-state index contributed by atoms with van der Waals surface area (Å²) in [7, 11) is 1.57. The van der Waals surface area contributed by atoms with E-state index in [-0.39, 0.29) is 11.6 Å². The Kier molecular flexibility index (Phi) is 4.24. The van der Waals surface area contributed by atoms with Crippen molar-refractivity contribution in [3.05, 3.63) is 53.7 Å². The first-order valence-corrected chi connectivity index (χ1v) is 7.48. The molecule has 0 radical (unpaired) electrons. The third kappa shape index (κ3) is 3.65. The van der Waals surface area contributed by atoms with Crippen LogP contribution in [0.4, 0.5) is 13.2 Å². The van der Waals surface area contributed by atoms with E-state index in [0.29, 0.717) is 12.3 Å². The number of rotatable bonds is 4. The standard InChI is InChI=1S/C18H16F3NO3/c1-11-7-15(24-2)8-13-10-22(17(23)16(11)13)9-12-3-5-14(6-4-12)25-18(19,20)21/h3-8,10,23H,9H2,1-2H3. The van der Waals surface area contributed by atoms with Crippen molar-refractivity contribution in [2.24, 2.45) is 0 Å². The summed E-state index contributed by atoms with van der Waals surface area (Å²) in [6.07, 6.45) is -2.94. The molecule has 3 aromatic rings. The zero-order chi connectivity index (χ0) is 18.2. The fourth-order valence-electron chi connectivity index (χ4n) is 2.79. The van der Waals surface area contributed by atoms with Crippen LogP contribution in [0.1, 0.15) is 11.1 Å². The van der Waals surface area contributed by atoms with Gasteiger partial charge in [-0.3, -0.25) is 0 Å². The molecule has 0 aliphatic carbocycles. The molecule has 0 unspecified atom stereocenters. The molecule has 0 amide bonds. The predicted octanol–water partition coefficient (Wildman–Crippen LogP) is 4.61. The van der Waals surface area contributed by atoms with Gasteiger partial charge in [-0.15, -0.1) is 13.2 Å². The molecule has 1 N–H and O–H groups in total. The van der Waals surface area contributed by atoms with Crippen LogP contribution in [0.25, 0.3) is 10.8 Å². The number of hydrogen-bond acceptors (Lipinski definition) is 3. The quantitative estimate of drug-likeness (QED) is 0.746. The summed E-state index contributed by atoms with van der Waals surface area (Å²) in [5.41, 5.74) is 1.61. The number of aromatic hydroxyl groups is 1. The Balaban J connectivity index is 1.88. The molecule has 2 aromatic carbocycles. The largest absolute Gasteiger partial charge is 0.573 e. The Morgan fingerprint density at radius 3 is 2.36 bits per heavy atom. The summed E-state index contributed by atoms with van der Waals surface area (Å²) in [6.45, 7) is 2.19. The van der Waals surface area contributed by atoms with Crippen molar-refractivity contribution in [2.75, 3.05) is 7.11 Å². The van der Waals surface area contributed by atoms with E-state index in [1.54, 1.807) is 17.9 Å². The molecule has 7 heteroatoms. The lowest BCUT2D eigenvalue weighted by Crippen LogP contribution is -2.17. The number of alkyl halides is 3. The SMILES string of the molecule is COc1cc(C)c2c(O)n(Cc3ccc(OC(F)(F)F)cc3)cc2c1. The highest BCUT2D eigenvalue weighted by molar-refractivity contribution is 5.92. The van der Waals surface area contributed by atoms with Gasteiger partial charge in [-0.05, 0) is 42.3 Å². The summed E-state index contributed by atoms with van der Waals surface area (Å²) in [4.78, 5) is 0. The molecule has 0 bridgehead atoms. The zero-order valence-electron chi connectivity index (χ0n) is 13.6. The van der Waals surface area contributed by atoms with Crippen molar-refractivity contribution < 1.29 is 27.8 Å². The van der Waals surface area contributed by atoms with Crippen LogP contribution in [0.3, 0.4) is 0 Å². The molecule has 0 fully saturated rings. The van der Waals surface area contributed by atoms with Gasteiger partial charge in [0.25, 0.3) is 0 Å². The molecule has 1 heterocycles. The second kappa shape index (κ2) is 6.23. The van der Waals surface area contributed by atoms with Gasteiger partial charge in [0.2, 0.25) is 0 Å². The Hall–Kier alpha value is -2.83. The number of methoxy groups -OCH3 is 1. The Bertz CT molecular complexity index is 899. The smallest absolute Gasteiger partial charge is 0.497 e. The van der Waals surface area contributed by atoms with Crippen LogP contribution in [-0.4, -0.2) is 23.1 Å². The normalized spacial score (nSPS) is 11.7. The summed E-state index contributed by atoms with van der Waals surface area (Å²) in [6, 6.07) is 9.19. The third-order valence-electron chi connectivity index (χ3n) is 3.88. The number of aryl methyl sites for hydroxylation is 1. The monoisotopic (exact) mass is 351 g/mol. The topological polar surface area (TPSA) is 43.6 Å². The van der Waals surface area contributed by atoms with Crippen molar-refractivity contribution in [3.63, 3.8) is 0 Å². The molecule has 0 aliphatic rings. The molecule has 25 heavy (non-hydrogen) atoms. The van der Waals surface area contributed by atoms with Gasteiger partial charge < -0.3 is 19.1 Å². The molecule has 4 nitrogen and oxygen atoms in total. The average molecular weight is 351 g/mol. The van der Waals surface area contributed by atoms with Crippen molar-refractivity contribution in [3.8, 4) is 17.4 Å². The van der Waals surface area contributed by atoms with Crippen molar-refractivity contribution in [1.29, 1.82) is 0 Å². The fraction of sp³-hybridized carbons (Fsp3) is 0.222. The highest BCUT2D eigenvalue weighted by Crippen LogP contribution is 2.34. The van der Waals surface area contributed by atoms with E-state index in [2.05, 4.69) is 4.74 Å². The second-order valence-corrected chi connectivity index (χ2v) is 5.68. The minimum atomic E-state index is -4.71. The summed E-state index contributed by atoms with van der Waals surface area (Å²) < 4.78 is 47.3. The van der Waals surface area contributed by atoms with Gasteiger partial charge in [-0.25, -0.2) is 0 Å². The number of fused-ring (bicyclic) bond motifs is 1. The van der Waals surface area contributed by atoms with Crippen molar-refractivity contribution in [1.82, 2.24) is 4.57 Å². The van der Waals surface area contributed by atoms with Crippen molar-refractivity contribution in [2.45, 2.75) is 19.8 Å². The molecule has 0 aliphatic heterocycles. The summed E-state index contributed by atoms with van der Waals surface area (Å²) >= 11 is 0. The lowest BCUT2D eigenvalue weighted by atomic mass is 10.1. The van der Waals surface area contributed by atoms with Gasteiger partial charge in [0.1, 0.15) is 11.5 Å². The Labute approximate surface area is 142 Å². The lowest BCUT2D eigenvalue weighted by molar-refractivity contribution is -0.274. The second-order valence-electron chi connectivity index (χ2n) is 5.68. The van der Waals surface area contributed by atoms with Crippen LogP contribution in [0, 0.1) is 6.92 Å². The van der Waals surface area contributed by atoms with Gasteiger partial charge in [0.05, 0.1) is 13.7 Å². The molecule has 0 atom stereocenters. The average Bonchev–Trinajstić information content (AvgIpc) is 2.84. The third-order valence-corrected chi connectivity index (χ3v) is 3.88. The molecular weight excluding hydrogens is 335 g/mol. The maximum absolute atomic E-state index is 12.2. The minimum absolute atomic E-state index is 0.103. The highest BCUT2D eigenvalue weighted by atomic mass is 19.4. The van der Waals surface area contributed by atoms with Gasteiger partial charge in [-0.1, -0.05) is 12.1 Å². The van der Waals surface area contributed by atoms with Crippen LogP contribution >= 0.6 is 0 Å². The summed E-state index contributed by atoms with van der Waals surface area (Å²) in [5, 5.41) is 12.0. The lowest BCUT2D eigenvalue weighted by Gasteiger charge is -2.10. The first-order valence-electron chi connectivity index (χ1n) is 7.48. The maximum atomic E-state index is 12.2. The molecular formula is C18H16F3NO3. The number of aromatic nitrogens is 1. The van der Waals surface area contributed by atoms with Crippen LogP contribution in [0.2, 0.25) is 0 Å². The van der Waals surface area contributed by atoms with E-state index in [1.165, 1.54) is 24.3 Å². The van der Waals surface area contributed by atoms with E-state index >= 15 is 0 Å². The zero-order valence-corrected chi connectivity index (χ0v) is 13.6. The number of halogens is 3. The van der Waals surface area contributed by atoms with E-state index in [4.69, 9.17) is 4.74 Å². The minimum Gasteiger partial charge on any atom is -0.497 e. The molecule has 1 aromatic heterocycles. The fourth-order valence-corrected chi connectivity index (χ4v) is 2.79. The summed E-state index contributed by atoms with van der Waals surface area (Å²) in [5.74, 6) is 0.514. The first kappa shape index (κ1) is 17.0. The van der Waals surface area contributed by atoms with Gasteiger partial charge >= 0.3 is 6.36 Å². The molecule has 0 saturated carbocycles. The van der Waals surface area contributed by atoms with E-state index in [0.717, 1.165) is 21.9 Å². The molecule has 0 spiro atoms. The van der Waals surface area contributed by atoms with Crippen molar-refractivity contribution >= 4 is 10.8 Å². The Morgan fingerprint density at radius 1 is 1.08 bits per heavy atom. The molecule has 3 rings (SSSR count). The van der Waals surface area contributed by atoms with Gasteiger partial charge in [0, 0.05) is 17.0 Å². The Morgan fingerprint density at radius 2 is 1.76 bits per heavy atom.